The molecule has 1 aliphatic rings. The maximum absolute atomic E-state index is 13.6. The topological polar surface area (TPSA) is 83.9 Å². The minimum atomic E-state index is -4.23. The van der Waals surface area contributed by atoms with Crippen LogP contribution in [-0.4, -0.2) is 50.8 Å². The van der Waals surface area contributed by atoms with Gasteiger partial charge in [-0.3, -0.25) is 4.79 Å². The summed E-state index contributed by atoms with van der Waals surface area (Å²) >= 11 is 0. The standard InChI is InChI=1S/C29H33NO5SSi/c1-22-15-17-23(18-16-22)36(33,34)30-26(27(31)19-20-28(30)32)21-35-37(29(2,3)4,24-11-7-5-8-12-24)25-13-9-6-10-14-25/h5-20,26-27,31H,21H2,1-4H3/t26-,27-/m0/s1. The van der Waals surface area contributed by atoms with Crippen molar-refractivity contribution < 1.29 is 22.7 Å². The van der Waals surface area contributed by atoms with Crippen molar-refractivity contribution in [1.82, 2.24) is 4.31 Å². The number of aryl methyl sites for hydroxylation is 1. The van der Waals surface area contributed by atoms with Gasteiger partial charge < -0.3 is 9.53 Å². The molecule has 0 aromatic heterocycles. The van der Waals surface area contributed by atoms with Crippen LogP contribution in [0.15, 0.2) is 102 Å². The number of rotatable bonds is 7. The van der Waals surface area contributed by atoms with Crippen LogP contribution in [0.5, 0.6) is 0 Å². The number of carbonyl (C=O) groups excluding carboxylic acids is 1. The van der Waals surface area contributed by atoms with E-state index in [2.05, 4.69) is 20.8 Å². The van der Waals surface area contributed by atoms with Gasteiger partial charge in [0.1, 0.15) is 6.04 Å². The third kappa shape index (κ3) is 5.07. The third-order valence-electron chi connectivity index (χ3n) is 6.81. The molecular weight excluding hydrogens is 502 g/mol. The Bertz CT molecular complexity index is 1330. The van der Waals surface area contributed by atoms with Gasteiger partial charge in [-0.15, -0.1) is 0 Å². The van der Waals surface area contributed by atoms with Crippen molar-refractivity contribution >= 4 is 34.6 Å². The fraction of sp³-hybridized carbons (Fsp3) is 0.276. The Balaban J connectivity index is 1.80. The Morgan fingerprint density at radius 3 is 1.89 bits per heavy atom. The number of nitrogens with zero attached hydrogens (tertiary/aromatic N) is 1. The van der Waals surface area contributed by atoms with Crippen molar-refractivity contribution in [2.45, 2.75) is 49.8 Å². The quantitative estimate of drug-likeness (QED) is 0.469. The molecule has 0 saturated carbocycles. The van der Waals surface area contributed by atoms with Crippen molar-refractivity contribution in [3.8, 4) is 0 Å². The predicted octanol–water partition coefficient (Wildman–Crippen LogP) is 3.39. The average Bonchev–Trinajstić information content (AvgIpc) is 2.87. The van der Waals surface area contributed by atoms with E-state index in [0.29, 0.717) is 0 Å². The van der Waals surface area contributed by atoms with Crippen molar-refractivity contribution in [1.29, 1.82) is 0 Å². The first-order valence-electron chi connectivity index (χ1n) is 12.2. The summed E-state index contributed by atoms with van der Waals surface area (Å²) in [7, 11) is -7.26. The van der Waals surface area contributed by atoms with Gasteiger partial charge in [0, 0.05) is 6.08 Å². The van der Waals surface area contributed by atoms with Crippen LogP contribution in [-0.2, 0) is 19.2 Å². The number of hydrogen-bond donors (Lipinski definition) is 1. The van der Waals surface area contributed by atoms with E-state index >= 15 is 0 Å². The molecule has 4 rings (SSSR count). The Morgan fingerprint density at radius 2 is 1.41 bits per heavy atom. The lowest BCUT2D eigenvalue weighted by molar-refractivity contribution is -0.126. The molecule has 0 fully saturated rings. The van der Waals surface area contributed by atoms with E-state index in [9.17, 15) is 18.3 Å². The van der Waals surface area contributed by atoms with Gasteiger partial charge in [0.15, 0.2) is 0 Å². The van der Waals surface area contributed by atoms with E-state index in [1.807, 2.05) is 67.6 Å². The number of aliphatic hydroxyl groups is 1. The van der Waals surface area contributed by atoms with Crippen molar-refractivity contribution in [2.75, 3.05) is 6.61 Å². The van der Waals surface area contributed by atoms with Crippen LogP contribution >= 0.6 is 0 Å². The Morgan fingerprint density at radius 1 is 0.892 bits per heavy atom. The molecule has 3 aromatic rings. The lowest BCUT2D eigenvalue weighted by atomic mass is 10.1. The molecule has 1 heterocycles. The van der Waals surface area contributed by atoms with Gasteiger partial charge in [-0.05, 0) is 40.5 Å². The molecule has 0 aliphatic carbocycles. The summed E-state index contributed by atoms with van der Waals surface area (Å²) in [5.41, 5.74) is 0.899. The second-order valence-electron chi connectivity index (χ2n) is 10.3. The average molecular weight is 536 g/mol. The molecule has 2 atom stereocenters. The fourth-order valence-electron chi connectivity index (χ4n) is 4.94. The minimum absolute atomic E-state index is 0.00982. The van der Waals surface area contributed by atoms with Crippen molar-refractivity contribution in [3.63, 3.8) is 0 Å². The van der Waals surface area contributed by atoms with Crippen LogP contribution in [0.2, 0.25) is 5.04 Å². The molecular formula is C29H33NO5SSi. The molecule has 194 valence electrons. The zero-order chi connectivity index (χ0) is 26.8. The lowest BCUT2D eigenvalue weighted by Gasteiger charge is -2.45. The molecule has 0 radical (unpaired) electrons. The summed E-state index contributed by atoms with van der Waals surface area (Å²) in [4.78, 5) is 13.0. The molecule has 0 bridgehead atoms. The van der Waals surface area contributed by atoms with Crippen LogP contribution in [0.3, 0.4) is 0 Å². The number of sulfonamides is 1. The summed E-state index contributed by atoms with van der Waals surface area (Å²) < 4.78 is 35.0. The second-order valence-corrected chi connectivity index (χ2v) is 16.5. The zero-order valence-corrected chi connectivity index (χ0v) is 23.4. The first-order chi connectivity index (χ1) is 17.5. The zero-order valence-electron chi connectivity index (χ0n) is 21.5. The Kier molecular flexibility index (Phi) is 7.57. The molecule has 0 saturated heterocycles. The maximum Gasteiger partial charge on any atom is 0.267 e. The largest absolute Gasteiger partial charge is 0.405 e. The van der Waals surface area contributed by atoms with Gasteiger partial charge in [0.2, 0.25) is 0 Å². The first-order valence-corrected chi connectivity index (χ1v) is 15.6. The molecule has 37 heavy (non-hydrogen) atoms. The van der Waals surface area contributed by atoms with E-state index < -0.39 is 36.4 Å². The highest BCUT2D eigenvalue weighted by Gasteiger charge is 2.51. The van der Waals surface area contributed by atoms with Gasteiger partial charge in [-0.25, -0.2) is 12.7 Å². The molecule has 8 heteroatoms. The van der Waals surface area contributed by atoms with Gasteiger partial charge in [-0.2, -0.15) is 0 Å². The second kappa shape index (κ2) is 10.4. The number of benzene rings is 3. The van der Waals surface area contributed by atoms with Gasteiger partial charge in [0.25, 0.3) is 24.2 Å². The summed E-state index contributed by atoms with van der Waals surface area (Å²) in [6.07, 6.45) is 1.23. The molecule has 1 amide bonds. The highest BCUT2D eigenvalue weighted by atomic mass is 32.2. The lowest BCUT2D eigenvalue weighted by Crippen LogP contribution is -2.68. The van der Waals surface area contributed by atoms with Gasteiger partial charge in [-0.1, -0.05) is 99.1 Å². The maximum atomic E-state index is 13.6. The predicted molar refractivity (Wildman–Crippen MR) is 148 cm³/mol. The smallest absolute Gasteiger partial charge is 0.267 e. The molecule has 6 nitrogen and oxygen atoms in total. The monoisotopic (exact) mass is 535 g/mol. The first kappa shape index (κ1) is 27.0. The molecule has 1 aliphatic heterocycles. The highest BCUT2D eigenvalue weighted by Crippen LogP contribution is 2.37. The number of carbonyl (C=O) groups is 1. The van der Waals surface area contributed by atoms with Crippen molar-refractivity contribution in [2.24, 2.45) is 0 Å². The summed E-state index contributed by atoms with van der Waals surface area (Å²) in [5, 5.41) is 12.6. The Hall–Kier alpha value is -3.04. The summed E-state index contributed by atoms with van der Waals surface area (Å²) in [5.74, 6) is -0.707. The Labute approximate surface area is 220 Å². The van der Waals surface area contributed by atoms with E-state index in [-0.39, 0.29) is 16.5 Å². The van der Waals surface area contributed by atoms with Gasteiger partial charge >= 0.3 is 0 Å². The summed E-state index contributed by atoms with van der Waals surface area (Å²) in [6, 6.07) is 25.1. The van der Waals surface area contributed by atoms with E-state index in [1.54, 1.807) is 12.1 Å². The van der Waals surface area contributed by atoms with Crippen LogP contribution in [0.1, 0.15) is 26.3 Å². The highest BCUT2D eigenvalue weighted by molar-refractivity contribution is 7.89. The molecule has 3 aromatic carbocycles. The number of amides is 1. The SMILES string of the molecule is Cc1ccc(S(=O)(=O)N2C(=O)C=C[C@H](O)[C@@H]2CO[Si](c2ccccc2)(c2ccccc2)C(C)(C)C)cc1. The van der Waals surface area contributed by atoms with E-state index in [0.717, 1.165) is 26.3 Å². The molecule has 0 unspecified atom stereocenters. The number of aliphatic hydroxyl groups excluding tert-OH is 1. The van der Waals surface area contributed by atoms with Crippen LogP contribution in [0, 0.1) is 6.92 Å². The summed E-state index contributed by atoms with van der Waals surface area (Å²) in [6.45, 7) is 8.04. The third-order valence-corrected chi connectivity index (χ3v) is 13.7. The van der Waals surface area contributed by atoms with Crippen LogP contribution in [0.25, 0.3) is 0 Å². The normalized spacial score (nSPS) is 18.7. The van der Waals surface area contributed by atoms with Crippen LogP contribution < -0.4 is 10.4 Å². The molecule has 1 N–H and O–H groups in total. The fourth-order valence-corrected chi connectivity index (χ4v) is 11.1. The van der Waals surface area contributed by atoms with Crippen LogP contribution in [0.4, 0.5) is 0 Å². The molecule has 0 spiro atoms. The van der Waals surface area contributed by atoms with Gasteiger partial charge in [0.05, 0.1) is 17.6 Å². The number of hydrogen-bond acceptors (Lipinski definition) is 5. The minimum Gasteiger partial charge on any atom is -0.405 e. The van der Waals surface area contributed by atoms with Crippen molar-refractivity contribution in [3.05, 3.63) is 103 Å². The van der Waals surface area contributed by atoms with E-state index in [1.165, 1.54) is 18.2 Å². The van der Waals surface area contributed by atoms with E-state index in [4.69, 9.17) is 4.43 Å².